The number of nitrogens with one attached hydrogen (secondary N) is 2. The molecule has 0 aliphatic rings. The third kappa shape index (κ3) is 5.33. The molecule has 0 aliphatic heterocycles. The monoisotopic (exact) mass is 507 g/mol. The highest BCUT2D eigenvalue weighted by molar-refractivity contribution is 7.89. The Kier molecular flexibility index (Phi) is 6.71. The number of aryl methyl sites for hydroxylation is 1. The maximum atomic E-state index is 12.5. The number of amides is 2. The topological polar surface area (TPSA) is 162 Å². The summed E-state index contributed by atoms with van der Waals surface area (Å²) in [5, 5.41) is 9.97. The van der Waals surface area contributed by atoms with Gasteiger partial charge in [0.15, 0.2) is 0 Å². The Balaban J connectivity index is 1.51. The zero-order valence-corrected chi connectivity index (χ0v) is 20.7. The van der Waals surface area contributed by atoms with E-state index in [0.717, 1.165) is 38.6 Å². The number of pyridine rings is 2. The third-order valence-electron chi connectivity index (χ3n) is 5.31. The van der Waals surface area contributed by atoms with Crippen molar-refractivity contribution in [2.24, 2.45) is 5.92 Å². The third-order valence-corrected chi connectivity index (χ3v) is 7.17. The van der Waals surface area contributed by atoms with E-state index in [9.17, 15) is 18.0 Å². The predicted molar refractivity (Wildman–Crippen MR) is 138 cm³/mol. The van der Waals surface area contributed by atoms with Crippen molar-refractivity contribution in [3.05, 3.63) is 60.8 Å². The van der Waals surface area contributed by atoms with E-state index in [1.54, 1.807) is 32.3 Å². The maximum absolute atomic E-state index is 12.5. The van der Waals surface area contributed by atoms with E-state index in [4.69, 9.17) is 5.73 Å². The van der Waals surface area contributed by atoms with Gasteiger partial charge in [-0.05, 0) is 53.6 Å². The molecule has 2 amide bonds. The van der Waals surface area contributed by atoms with Crippen LogP contribution in [0.5, 0.6) is 0 Å². The molecule has 0 atom stereocenters. The van der Waals surface area contributed by atoms with E-state index >= 15 is 0 Å². The quantitative estimate of drug-likeness (QED) is 0.265. The van der Waals surface area contributed by atoms with Gasteiger partial charge in [-0.3, -0.25) is 14.6 Å². The molecular formula is C24H25N7O4S. The fourth-order valence-electron chi connectivity index (χ4n) is 3.66. The molecule has 0 aliphatic carbocycles. The molecule has 4 rings (SSSR count). The van der Waals surface area contributed by atoms with Crippen molar-refractivity contribution in [1.82, 2.24) is 19.2 Å². The minimum Gasteiger partial charge on any atom is -0.398 e. The number of nitrogens with two attached hydrogens (primary N) is 1. The largest absolute Gasteiger partial charge is 0.398 e. The average Bonchev–Trinajstić information content (AvgIpc) is 3.28. The van der Waals surface area contributed by atoms with Gasteiger partial charge in [0.2, 0.25) is 0 Å². The van der Waals surface area contributed by atoms with Crippen LogP contribution in [-0.2, 0) is 19.6 Å². The van der Waals surface area contributed by atoms with Crippen LogP contribution in [-0.4, -0.2) is 45.1 Å². The standard InChI is InChI=1S/C24H25N7O4S/c1-14(2)13-36(34,35)31-12-18(9-28-31)29-23(32)24(33)30-22-8-17-6-16(7-21(25)20(17)11-27-22)19-10-26-5-4-15(19)3/h4-12,14H,13,25H2,1-3H3,(H,29,32)(H,27,30,33). The van der Waals surface area contributed by atoms with Gasteiger partial charge in [-0.1, -0.05) is 13.8 Å². The van der Waals surface area contributed by atoms with Crippen LogP contribution in [0.2, 0.25) is 0 Å². The molecule has 4 aromatic rings. The second-order valence-electron chi connectivity index (χ2n) is 8.73. The van der Waals surface area contributed by atoms with E-state index in [2.05, 4.69) is 25.7 Å². The molecule has 0 fully saturated rings. The first kappa shape index (κ1) is 24.8. The number of carbonyl (C=O) groups excluding carboxylic acids is 2. The summed E-state index contributed by atoms with van der Waals surface area (Å²) in [4.78, 5) is 33.2. The van der Waals surface area contributed by atoms with E-state index in [1.165, 1.54) is 6.20 Å². The lowest BCUT2D eigenvalue weighted by molar-refractivity contribution is -0.133. The van der Waals surface area contributed by atoms with Gasteiger partial charge in [-0.2, -0.15) is 9.19 Å². The summed E-state index contributed by atoms with van der Waals surface area (Å²) in [5.41, 5.74) is 9.62. The molecule has 0 saturated heterocycles. The van der Waals surface area contributed by atoms with Crippen LogP contribution in [0.3, 0.4) is 0 Å². The minimum absolute atomic E-state index is 0.0678. The number of nitrogen functional groups attached to an aromatic ring is 1. The highest BCUT2D eigenvalue weighted by atomic mass is 32.2. The van der Waals surface area contributed by atoms with Crippen LogP contribution in [0.4, 0.5) is 17.2 Å². The number of hydrogen-bond donors (Lipinski definition) is 3. The highest BCUT2D eigenvalue weighted by Gasteiger charge is 2.20. The Morgan fingerprint density at radius 2 is 1.83 bits per heavy atom. The van der Waals surface area contributed by atoms with Crippen LogP contribution in [0.25, 0.3) is 21.9 Å². The van der Waals surface area contributed by atoms with Crippen LogP contribution < -0.4 is 16.4 Å². The fourth-order valence-corrected chi connectivity index (χ4v) is 5.12. The summed E-state index contributed by atoms with van der Waals surface area (Å²) in [6.07, 6.45) is 7.27. The van der Waals surface area contributed by atoms with E-state index in [1.807, 2.05) is 25.1 Å². The van der Waals surface area contributed by atoms with Gasteiger partial charge in [-0.15, -0.1) is 0 Å². The first-order chi connectivity index (χ1) is 17.0. The Labute approximate surface area is 207 Å². The normalized spacial score (nSPS) is 11.6. The number of fused-ring (bicyclic) bond motifs is 1. The minimum atomic E-state index is -3.66. The molecule has 12 heteroatoms. The molecule has 3 heterocycles. The molecule has 0 spiro atoms. The van der Waals surface area contributed by atoms with Crippen molar-refractivity contribution < 1.29 is 18.0 Å². The lowest BCUT2D eigenvalue weighted by Crippen LogP contribution is -2.29. The van der Waals surface area contributed by atoms with Gasteiger partial charge in [-0.25, -0.2) is 13.4 Å². The fraction of sp³-hybridized carbons (Fsp3) is 0.208. The number of nitrogens with zero attached hydrogens (tertiary/aromatic N) is 4. The Morgan fingerprint density at radius 3 is 2.56 bits per heavy atom. The van der Waals surface area contributed by atoms with E-state index < -0.39 is 21.8 Å². The molecule has 0 unspecified atom stereocenters. The maximum Gasteiger partial charge on any atom is 0.315 e. The second-order valence-corrected chi connectivity index (χ2v) is 10.6. The van der Waals surface area contributed by atoms with Crippen LogP contribution >= 0.6 is 0 Å². The summed E-state index contributed by atoms with van der Waals surface area (Å²) in [6.45, 7) is 5.51. The van der Waals surface area contributed by atoms with Gasteiger partial charge in [0.25, 0.3) is 10.0 Å². The van der Waals surface area contributed by atoms with Crippen molar-refractivity contribution in [2.75, 3.05) is 22.1 Å². The van der Waals surface area contributed by atoms with Crippen molar-refractivity contribution >= 4 is 49.8 Å². The van der Waals surface area contributed by atoms with Crippen molar-refractivity contribution in [3.8, 4) is 11.1 Å². The SMILES string of the molecule is Cc1ccncc1-c1cc(N)c2cnc(NC(=O)C(=O)Nc3cnn(S(=O)(=O)CC(C)C)c3)cc2c1. The lowest BCUT2D eigenvalue weighted by Gasteiger charge is -2.11. The molecular weight excluding hydrogens is 482 g/mol. The highest BCUT2D eigenvalue weighted by Crippen LogP contribution is 2.31. The number of carbonyl (C=O) groups is 2. The van der Waals surface area contributed by atoms with Crippen molar-refractivity contribution in [1.29, 1.82) is 0 Å². The second kappa shape index (κ2) is 9.74. The summed E-state index contributed by atoms with van der Waals surface area (Å²) < 4.78 is 25.3. The molecule has 11 nitrogen and oxygen atoms in total. The van der Waals surface area contributed by atoms with Crippen LogP contribution in [0.15, 0.2) is 55.2 Å². The average molecular weight is 508 g/mol. The molecule has 0 radical (unpaired) electrons. The van der Waals surface area contributed by atoms with Crippen molar-refractivity contribution in [2.45, 2.75) is 20.8 Å². The summed E-state index contributed by atoms with van der Waals surface area (Å²) in [6, 6.07) is 7.25. The van der Waals surface area contributed by atoms with Gasteiger partial charge in [0.1, 0.15) is 5.82 Å². The van der Waals surface area contributed by atoms with E-state index in [-0.39, 0.29) is 23.2 Å². The first-order valence-corrected chi connectivity index (χ1v) is 12.6. The Bertz CT molecular complexity index is 1580. The molecule has 186 valence electrons. The van der Waals surface area contributed by atoms with Gasteiger partial charge < -0.3 is 16.4 Å². The van der Waals surface area contributed by atoms with Crippen LogP contribution in [0, 0.1) is 12.8 Å². The smallest absolute Gasteiger partial charge is 0.315 e. The number of rotatable bonds is 6. The zero-order chi connectivity index (χ0) is 26.0. The molecule has 1 aromatic carbocycles. The Morgan fingerprint density at radius 1 is 1.08 bits per heavy atom. The van der Waals surface area contributed by atoms with E-state index in [0.29, 0.717) is 11.1 Å². The number of aromatic nitrogens is 4. The van der Waals surface area contributed by atoms with Gasteiger partial charge in [0, 0.05) is 35.2 Å². The lowest BCUT2D eigenvalue weighted by atomic mass is 9.99. The number of benzene rings is 1. The van der Waals surface area contributed by atoms with Gasteiger partial charge in [0.05, 0.1) is 23.8 Å². The summed E-state index contributed by atoms with van der Waals surface area (Å²) in [5.74, 6) is -2.04. The Hall–Kier alpha value is -4.32. The molecule has 0 saturated carbocycles. The predicted octanol–water partition coefficient (Wildman–Crippen LogP) is 2.80. The summed E-state index contributed by atoms with van der Waals surface area (Å²) >= 11 is 0. The van der Waals surface area contributed by atoms with Crippen LogP contribution in [0.1, 0.15) is 19.4 Å². The zero-order valence-electron chi connectivity index (χ0n) is 19.9. The molecule has 36 heavy (non-hydrogen) atoms. The van der Waals surface area contributed by atoms with Gasteiger partial charge >= 0.3 is 11.8 Å². The van der Waals surface area contributed by atoms with Crippen molar-refractivity contribution in [3.63, 3.8) is 0 Å². The molecule has 3 aromatic heterocycles. The number of anilines is 3. The summed E-state index contributed by atoms with van der Waals surface area (Å²) in [7, 11) is -3.66. The molecule has 0 bridgehead atoms. The molecule has 4 N–H and O–H groups in total. The number of hydrogen-bond acceptors (Lipinski definition) is 8. The first-order valence-electron chi connectivity index (χ1n) is 11.0.